The highest BCUT2D eigenvalue weighted by Crippen LogP contribution is 2.28. The van der Waals surface area contributed by atoms with Crippen LogP contribution in [0.2, 0.25) is 0 Å². The van der Waals surface area contributed by atoms with Gasteiger partial charge in [0, 0.05) is 13.0 Å². The summed E-state index contributed by atoms with van der Waals surface area (Å²) in [5.41, 5.74) is 0.919. The number of aryl methyl sites for hydroxylation is 3. The number of carbonyl (C=O) groups excluding carboxylic acids is 2. The largest absolute Gasteiger partial charge is 0.465 e. The summed E-state index contributed by atoms with van der Waals surface area (Å²) in [6, 6.07) is 1.56. The highest BCUT2D eigenvalue weighted by molar-refractivity contribution is 7.20. The molecule has 0 aliphatic carbocycles. The minimum atomic E-state index is -0.486. The first-order chi connectivity index (χ1) is 14.4. The molecule has 0 saturated heterocycles. The average Bonchev–Trinajstić information content (AvgIpc) is 3.15. The van der Waals surface area contributed by atoms with Crippen LogP contribution in [-0.4, -0.2) is 28.5 Å². The van der Waals surface area contributed by atoms with E-state index in [1.54, 1.807) is 24.5 Å². The first kappa shape index (κ1) is 20.3. The van der Waals surface area contributed by atoms with Crippen LogP contribution in [0.1, 0.15) is 62.2 Å². The van der Waals surface area contributed by atoms with E-state index in [0.29, 0.717) is 44.3 Å². The molecule has 0 unspecified atom stereocenters. The number of hydrogen-bond donors (Lipinski definition) is 1. The normalized spacial score (nSPS) is 13.7. The summed E-state index contributed by atoms with van der Waals surface area (Å²) < 4.78 is 12.0. The number of rotatable bonds is 4. The van der Waals surface area contributed by atoms with Gasteiger partial charge in [-0.2, -0.15) is 0 Å². The highest BCUT2D eigenvalue weighted by Gasteiger charge is 2.23. The summed E-state index contributed by atoms with van der Waals surface area (Å²) in [6.45, 7) is 4.24. The van der Waals surface area contributed by atoms with Crippen molar-refractivity contribution in [2.24, 2.45) is 0 Å². The predicted molar refractivity (Wildman–Crippen MR) is 112 cm³/mol. The standard InChI is InChI=1S/C21H23N3O5S/c1-11-16-19(23-15-7-5-4-6-8-24(15)20(16)26)30-17(11)18(25)22-10-13-9-14(12(2)29-13)21(27)28-3/h9H,4-8,10H2,1-3H3,(H,22,25). The maximum absolute atomic E-state index is 13.0. The van der Waals surface area contributed by atoms with E-state index >= 15 is 0 Å². The number of nitrogens with zero attached hydrogens (tertiary/aromatic N) is 2. The molecule has 4 heterocycles. The zero-order valence-electron chi connectivity index (χ0n) is 17.2. The third kappa shape index (κ3) is 3.54. The molecule has 1 N–H and O–H groups in total. The van der Waals surface area contributed by atoms with Crippen LogP contribution in [0.3, 0.4) is 0 Å². The molecule has 8 nitrogen and oxygen atoms in total. The zero-order valence-corrected chi connectivity index (χ0v) is 18.0. The van der Waals surface area contributed by atoms with Crippen molar-refractivity contribution in [3.63, 3.8) is 0 Å². The number of furan rings is 1. The van der Waals surface area contributed by atoms with E-state index in [4.69, 9.17) is 14.1 Å². The second kappa shape index (κ2) is 8.06. The van der Waals surface area contributed by atoms with Crippen LogP contribution in [0.25, 0.3) is 10.2 Å². The van der Waals surface area contributed by atoms with Crippen molar-refractivity contribution in [3.8, 4) is 0 Å². The molecule has 0 atom stereocenters. The number of thiophene rings is 1. The fraction of sp³-hybridized carbons (Fsp3) is 0.429. The molecule has 30 heavy (non-hydrogen) atoms. The molecule has 0 bridgehead atoms. The summed E-state index contributed by atoms with van der Waals surface area (Å²) in [4.78, 5) is 43.3. The highest BCUT2D eigenvalue weighted by atomic mass is 32.1. The van der Waals surface area contributed by atoms with Gasteiger partial charge in [0.25, 0.3) is 11.5 Å². The topological polar surface area (TPSA) is 103 Å². The van der Waals surface area contributed by atoms with Gasteiger partial charge in [0.2, 0.25) is 0 Å². The second-order valence-electron chi connectivity index (χ2n) is 7.39. The third-order valence-corrected chi connectivity index (χ3v) is 6.60. The quantitative estimate of drug-likeness (QED) is 0.639. The van der Waals surface area contributed by atoms with Crippen LogP contribution in [0, 0.1) is 13.8 Å². The Labute approximate surface area is 176 Å². The molecule has 0 saturated carbocycles. The second-order valence-corrected chi connectivity index (χ2v) is 8.39. The van der Waals surface area contributed by atoms with Crippen molar-refractivity contribution < 1.29 is 18.7 Å². The van der Waals surface area contributed by atoms with Crippen molar-refractivity contribution in [2.75, 3.05) is 7.11 Å². The first-order valence-corrected chi connectivity index (χ1v) is 10.7. The van der Waals surface area contributed by atoms with Crippen molar-refractivity contribution in [1.29, 1.82) is 0 Å². The first-order valence-electron chi connectivity index (χ1n) is 9.89. The molecular formula is C21H23N3O5S. The number of esters is 1. The molecule has 3 aromatic rings. The summed E-state index contributed by atoms with van der Waals surface area (Å²) in [6.07, 6.45) is 3.86. The Kier molecular flexibility index (Phi) is 5.46. The van der Waals surface area contributed by atoms with Crippen molar-refractivity contribution in [1.82, 2.24) is 14.9 Å². The Hall–Kier alpha value is -2.94. The minimum absolute atomic E-state index is 0.0610. The van der Waals surface area contributed by atoms with Gasteiger partial charge in [-0.3, -0.25) is 14.2 Å². The summed E-state index contributed by atoms with van der Waals surface area (Å²) in [7, 11) is 1.30. The van der Waals surface area contributed by atoms with Crippen LogP contribution in [-0.2, 0) is 24.2 Å². The number of ether oxygens (including phenoxy) is 1. The van der Waals surface area contributed by atoms with Gasteiger partial charge < -0.3 is 14.5 Å². The minimum Gasteiger partial charge on any atom is -0.465 e. The lowest BCUT2D eigenvalue weighted by Gasteiger charge is -2.08. The van der Waals surface area contributed by atoms with E-state index in [0.717, 1.165) is 31.5 Å². The van der Waals surface area contributed by atoms with Crippen LogP contribution in [0.15, 0.2) is 15.3 Å². The van der Waals surface area contributed by atoms with Gasteiger partial charge in [-0.05, 0) is 38.3 Å². The molecule has 0 spiro atoms. The maximum atomic E-state index is 13.0. The molecule has 1 amide bonds. The number of nitrogens with one attached hydrogen (secondary N) is 1. The van der Waals surface area contributed by atoms with E-state index in [9.17, 15) is 14.4 Å². The number of hydrogen-bond acceptors (Lipinski definition) is 7. The van der Waals surface area contributed by atoms with Gasteiger partial charge in [0.15, 0.2) is 0 Å². The molecular weight excluding hydrogens is 406 g/mol. The van der Waals surface area contributed by atoms with Crippen molar-refractivity contribution >= 4 is 33.4 Å². The molecule has 0 aromatic carbocycles. The van der Waals surface area contributed by atoms with Crippen LogP contribution in [0.5, 0.6) is 0 Å². The summed E-state index contributed by atoms with van der Waals surface area (Å²) in [5.74, 6) is 0.900. The molecule has 1 aliphatic rings. The van der Waals surface area contributed by atoms with Crippen LogP contribution < -0.4 is 10.9 Å². The van der Waals surface area contributed by atoms with Crippen molar-refractivity contribution in [3.05, 3.63) is 49.8 Å². The van der Waals surface area contributed by atoms with Gasteiger partial charge in [0.05, 0.1) is 23.9 Å². The molecule has 158 valence electrons. The van der Waals surface area contributed by atoms with Gasteiger partial charge >= 0.3 is 5.97 Å². The Morgan fingerprint density at radius 1 is 1.30 bits per heavy atom. The van der Waals surface area contributed by atoms with E-state index in [-0.39, 0.29) is 18.0 Å². The Balaban J connectivity index is 1.60. The van der Waals surface area contributed by atoms with E-state index in [2.05, 4.69) is 5.32 Å². The van der Waals surface area contributed by atoms with Gasteiger partial charge in [0.1, 0.15) is 27.7 Å². The molecule has 9 heteroatoms. The molecule has 4 rings (SSSR count). The summed E-state index contributed by atoms with van der Waals surface area (Å²) >= 11 is 1.24. The Morgan fingerprint density at radius 3 is 2.87 bits per heavy atom. The zero-order chi connectivity index (χ0) is 21.4. The lowest BCUT2D eigenvalue weighted by atomic mass is 10.2. The average molecular weight is 429 g/mol. The lowest BCUT2D eigenvalue weighted by molar-refractivity contribution is 0.0598. The van der Waals surface area contributed by atoms with Gasteiger partial charge in [-0.15, -0.1) is 11.3 Å². The Bertz CT molecular complexity index is 1200. The van der Waals surface area contributed by atoms with Gasteiger partial charge in [-0.25, -0.2) is 9.78 Å². The lowest BCUT2D eigenvalue weighted by Crippen LogP contribution is -2.25. The van der Waals surface area contributed by atoms with E-state index in [1.807, 2.05) is 0 Å². The van der Waals surface area contributed by atoms with Gasteiger partial charge in [-0.1, -0.05) is 6.42 Å². The number of methoxy groups -OCH3 is 1. The van der Waals surface area contributed by atoms with Crippen LogP contribution in [0.4, 0.5) is 0 Å². The summed E-state index contributed by atoms with van der Waals surface area (Å²) in [5, 5.41) is 3.33. The SMILES string of the molecule is COC(=O)c1cc(CNC(=O)c2sc3nc4n(c(=O)c3c2C)CCCCC4)oc1C. The monoisotopic (exact) mass is 429 g/mol. The molecule has 3 aromatic heterocycles. The van der Waals surface area contributed by atoms with Crippen molar-refractivity contribution in [2.45, 2.75) is 52.6 Å². The van der Waals surface area contributed by atoms with E-state index in [1.165, 1.54) is 18.4 Å². The molecule has 1 aliphatic heterocycles. The molecule has 0 radical (unpaired) electrons. The van der Waals surface area contributed by atoms with E-state index < -0.39 is 5.97 Å². The maximum Gasteiger partial charge on any atom is 0.341 e. The number of amides is 1. The number of fused-ring (bicyclic) bond motifs is 2. The fourth-order valence-electron chi connectivity index (χ4n) is 3.82. The smallest absolute Gasteiger partial charge is 0.341 e. The van der Waals surface area contributed by atoms with Crippen LogP contribution >= 0.6 is 11.3 Å². The fourth-order valence-corrected chi connectivity index (χ4v) is 4.92. The number of carbonyl (C=O) groups is 2. The predicted octanol–water partition coefficient (Wildman–Crippen LogP) is 3.11. The molecule has 0 fully saturated rings. The Morgan fingerprint density at radius 2 is 2.10 bits per heavy atom. The third-order valence-electron chi connectivity index (χ3n) is 5.42. The number of aromatic nitrogens is 2.